The average molecular weight is 361 g/mol. The molecule has 0 atom stereocenters. The number of unbranched alkanes of at least 4 members (excludes halogenated alkanes) is 2. The third-order valence-electron chi connectivity index (χ3n) is 3.66. The molecular formula is C14H24N4O3S2. The van der Waals surface area contributed by atoms with Crippen LogP contribution in [0.1, 0.15) is 36.5 Å². The fraction of sp³-hybridized carbons (Fsp3) is 0.714. The summed E-state index contributed by atoms with van der Waals surface area (Å²) in [6.07, 6.45) is 4.45. The lowest BCUT2D eigenvalue weighted by molar-refractivity contribution is 0.0949. The van der Waals surface area contributed by atoms with Crippen LogP contribution in [0, 0.1) is 0 Å². The van der Waals surface area contributed by atoms with E-state index in [1.807, 2.05) is 0 Å². The molecule has 23 heavy (non-hydrogen) atoms. The van der Waals surface area contributed by atoms with Crippen molar-refractivity contribution in [2.75, 3.05) is 31.1 Å². The van der Waals surface area contributed by atoms with Crippen molar-refractivity contribution in [1.82, 2.24) is 19.4 Å². The van der Waals surface area contributed by atoms with Gasteiger partial charge in [0.05, 0.1) is 5.56 Å². The fourth-order valence-electron chi connectivity index (χ4n) is 2.40. The monoisotopic (exact) mass is 360 g/mol. The van der Waals surface area contributed by atoms with Crippen LogP contribution < -0.4 is 5.32 Å². The molecule has 2 heterocycles. The first-order valence-corrected chi connectivity index (χ1v) is 10.5. The van der Waals surface area contributed by atoms with Crippen LogP contribution in [0.5, 0.6) is 0 Å². The van der Waals surface area contributed by atoms with Gasteiger partial charge in [0.25, 0.3) is 15.9 Å². The zero-order valence-corrected chi connectivity index (χ0v) is 15.3. The molecule has 1 N–H and O–H groups in total. The van der Waals surface area contributed by atoms with Gasteiger partial charge in [-0.15, -0.1) is 0 Å². The second-order valence-electron chi connectivity index (χ2n) is 5.50. The second kappa shape index (κ2) is 8.16. The average Bonchev–Trinajstić information content (AvgIpc) is 2.95. The normalized spacial score (nSPS) is 16.4. The summed E-state index contributed by atoms with van der Waals surface area (Å²) in [5.41, 5.74) is 0.127. The van der Waals surface area contributed by atoms with Crippen LogP contribution in [0.3, 0.4) is 0 Å². The van der Waals surface area contributed by atoms with Crippen molar-refractivity contribution >= 4 is 27.7 Å². The Morgan fingerprint density at radius 3 is 2.70 bits per heavy atom. The Labute approximate surface area is 141 Å². The maximum Gasteiger partial charge on any atom is 0.263 e. The van der Waals surface area contributed by atoms with Crippen LogP contribution in [0.15, 0.2) is 11.2 Å². The van der Waals surface area contributed by atoms with Gasteiger partial charge in [0.1, 0.15) is 0 Å². The number of hydrogen-bond acceptors (Lipinski definition) is 5. The van der Waals surface area contributed by atoms with Gasteiger partial charge in [-0.25, -0.2) is 8.42 Å². The highest BCUT2D eigenvalue weighted by Crippen LogP contribution is 2.22. The lowest BCUT2D eigenvalue weighted by Gasteiger charge is -2.24. The standard InChI is InChI=1S/C14H24N4O3S2/c1-3-4-5-6-15-13(19)12-11-17(2)16-14(12)23(20,21)18-7-9-22-10-8-18/h11H,3-10H2,1-2H3,(H,15,19). The topological polar surface area (TPSA) is 84.3 Å². The van der Waals surface area contributed by atoms with Gasteiger partial charge in [-0.1, -0.05) is 19.8 Å². The van der Waals surface area contributed by atoms with E-state index in [1.54, 1.807) is 18.8 Å². The number of rotatable bonds is 7. The van der Waals surface area contributed by atoms with Gasteiger partial charge in [0.15, 0.2) is 0 Å². The highest BCUT2D eigenvalue weighted by Gasteiger charge is 2.33. The smallest absolute Gasteiger partial charge is 0.263 e. The molecule has 1 aliphatic heterocycles. The number of aromatic nitrogens is 2. The molecule has 2 rings (SSSR count). The molecule has 1 saturated heterocycles. The van der Waals surface area contributed by atoms with E-state index < -0.39 is 10.0 Å². The molecule has 0 aromatic carbocycles. The van der Waals surface area contributed by atoms with Gasteiger partial charge < -0.3 is 5.32 Å². The van der Waals surface area contributed by atoms with Crippen LogP contribution in [0.25, 0.3) is 0 Å². The van der Waals surface area contributed by atoms with Crippen molar-refractivity contribution in [3.63, 3.8) is 0 Å². The number of amides is 1. The molecule has 0 spiro atoms. The van der Waals surface area contributed by atoms with E-state index in [-0.39, 0.29) is 16.5 Å². The van der Waals surface area contributed by atoms with Gasteiger partial charge in [-0.05, 0) is 6.42 Å². The number of carbonyl (C=O) groups excluding carboxylic acids is 1. The maximum absolute atomic E-state index is 12.8. The minimum Gasteiger partial charge on any atom is -0.352 e. The minimum absolute atomic E-state index is 0.127. The maximum atomic E-state index is 12.8. The van der Waals surface area contributed by atoms with Crippen molar-refractivity contribution in [2.45, 2.75) is 31.2 Å². The number of nitrogens with one attached hydrogen (secondary N) is 1. The molecule has 7 nitrogen and oxygen atoms in total. The van der Waals surface area contributed by atoms with Gasteiger partial charge in [-0.2, -0.15) is 21.2 Å². The molecule has 0 aliphatic carbocycles. The highest BCUT2D eigenvalue weighted by molar-refractivity contribution is 7.99. The Morgan fingerprint density at radius 2 is 2.04 bits per heavy atom. The number of aryl methyl sites for hydroxylation is 1. The van der Waals surface area contributed by atoms with E-state index in [9.17, 15) is 13.2 Å². The van der Waals surface area contributed by atoms with Crippen LogP contribution >= 0.6 is 11.8 Å². The van der Waals surface area contributed by atoms with E-state index in [0.29, 0.717) is 19.6 Å². The Balaban J connectivity index is 2.17. The lowest BCUT2D eigenvalue weighted by atomic mass is 10.2. The molecule has 130 valence electrons. The summed E-state index contributed by atoms with van der Waals surface area (Å²) in [6.45, 7) is 3.55. The Kier molecular flexibility index (Phi) is 6.49. The zero-order chi connectivity index (χ0) is 16.9. The van der Waals surface area contributed by atoms with Crippen molar-refractivity contribution in [1.29, 1.82) is 0 Å². The molecule has 1 aromatic heterocycles. The third-order valence-corrected chi connectivity index (χ3v) is 6.44. The SMILES string of the molecule is CCCCCNC(=O)c1cn(C)nc1S(=O)(=O)N1CCSCC1. The predicted octanol–water partition coefficient (Wildman–Crippen LogP) is 1.08. The van der Waals surface area contributed by atoms with Gasteiger partial charge in [-0.3, -0.25) is 9.48 Å². The summed E-state index contributed by atoms with van der Waals surface area (Å²) in [6, 6.07) is 0. The number of sulfonamides is 1. The molecule has 1 amide bonds. The van der Waals surface area contributed by atoms with E-state index in [0.717, 1.165) is 30.8 Å². The van der Waals surface area contributed by atoms with Crippen molar-refractivity contribution < 1.29 is 13.2 Å². The minimum atomic E-state index is -3.72. The molecule has 1 fully saturated rings. The van der Waals surface area contributed by atoms with Crippen molar-refractivity contribution in [3.05, 3.63) is 11.8 Å². The number of hydrogen-bond donors (Lipinski definition) is 1. The van der Waals surface area contributed by atoms with E-state index >= 15 is 0 Å². The summed E-state index contributed by atoms with van der Waals surface area (Å²) in [5.74, 6) is 1.16. The first-order chi connectivity index (χ1) is 11.0. The van der Waals surface area contributed by atoms with Crippen LogP contribution in [0.2, 0.25) is 0 Å². The van der Waals surface area contributed by atoms with Crippen molar-refractivity contribution in [3.8, 4) is 0 Å². The second-order valence-corrected chi connectivity index (χ2v) is 8.58. The molecule has 9 heteroatoms. The molecule has 1 aromatic rings. The van der Waals surface area contributed by atoms with Crippen molar-refractivity contribution in [2.24, 2.45) is 7.05 Å². The van der Waals surface area contributed by atoms with Gasteiger partial charge >= 0.3 is 0 Å². The number of thioether (sulfide) groups is 1. The largest absolute Gasteiger partial charge is 0.352 e. The van der Waals surface area contributed by atoms with Crippen LogP contribution in [-0.4, -0.2) is 59.6 Å². The third kappa shape index (κ3) is 4.48. The fourth-order valence-corrected chi connectivity index (χ4v) is 5.09. The molecule has 0 radical (unpaired) electrons. The van der Waals surface area contributed by atoms with E-state index in [2.05, 4.69) is 17.3 Å². The quantitative estimate of drug-likeness (QED) is 0.736. The van der Waals surface area contributed by atoms with Gasteiger partial charge in [0, 0.05) is 44.4 Å². The van der Waals surface area contributed by atoms with Crippen LogP contribution in [-0.2, 0) is 17.1 Å². The number of carbonyl (C=O) groups is 1. The number of nitrogens with zero attached hydrogens (tertiary/aromatic N) is 3. The molecule has 0 unspecified atom stereocenters. The Hall–Kier alpha value is -1.06. The summed E-state index contributed by atoms with van der Waals surface area (Å²) >= 11 is 1.73. The van der Waals surface area contributed by atoms with Crippen LogP contribution in [0.4, 0.5) is 0 Å². The molecule has 0 saturated carbocycles. The van der Waals surface area contributed by atoms with E-state index in [4.69, 9.17) is 0 Å². The lowest BCUT2D eigenvalue weighted by Crippen LogP contribution is -2.39. The Bertz CT molecular complexity index is 636. The molecule has 0 bridgehead atoms. The Morgan fingerprint density at radius 1 is 1.35 bits per heavy atom. The molecular weight excluding hydrogens is 336 g/mol. The summed E-state index contributed by atoms with van der Waals surface area (Å²) in [7, 11) is -2.10. The first-order valence-electron chi connectivity index (χ1n) is 7.86. The van der Waals surface area contributed by atoms with E-state index in [1.165, 1.54) is 15.2 Å². The summed E-state index contributed by atoms with van der Waals surface area (Å²) < 4.78 is 28.3. The zero-order valence-electron chi connectivity index (χ0n) is 13.6. The summed E-state index contributed by atoms with van der Waals surface area (Å²) in [4.78, 5) is 12.3. The molecule has 1 aliphatic rings. The highest BCUT2D eigenvalue weighted by atomic mass is 32.2. The van der Waals surface area contributed by atoms with Gasteiger partial charge in [0.2, 0.25) is 5.03 Å². The summed E-state index contributed by atoms with van der Waals surface area (Å²) in [5, 5.41) is 6.69. The first kappa shape index (κ1) is 18.3. The predicted molar refractivity (Wildman–Crippen MR) is 91.2 cm³/mol.